The number of hydrogen-bond donors (Lipinski definition) is 1. The van der Waals surface area contributed by atoms with Gasteiger partial charge in [0.05, 0.1) is 12.7 Å². The zero-order valence-corrected chi connectivity index (χ0v) is 15.8. The molecule has 0 saturated carbocycles. The molecule has 0 aliphatic heterocycles. The van der Waals surface area contributed by atoms with E-state index in [1.807, 2.05) is 19.1 Å². The van der Waals surface area contributed by atoms with Crippen LogP contribution >= 0.6 is 0 Å². The number of methoxy groups -OCH3 is 1. The molecule has 0 aliphatic rings. The van der Waals surface area contributed by atoms with Gasteiger partial charge in [0.25, 0.3) is 0 Å². The summed E-state index contributed by atoms with van der Waals surface area (Å²) < 4.78 is 10.1. The quantitative estimate of drug-likeness (QED) is 0.842. The first-order chi connectivity index (χ1) is 12.2. The van der Waals surface area contributed by atoms with Crippen LogP contribution in [0.5, 0.6) is 0 Å². The molecule has 0 radical (unpaired) electrons. The Balaban J connectivity index is 2.31. The highest BCUT2D eigenvalue weighted by molar-refractivity contribution is 5.91. The average molecular weight is 356 g/mol. The van der Waals surface area contributed by atoms with Crippen LogP contribution in [0.3, 0.4) is 0 Å². The molecule has 6 heteroatoms. The minimum atomic E-state index is -0.573. The fourth-order valence-corrected chi connectivity index (χ4v) is 2.44. The first kappa shape index (κ1) is 19.4. The number of aryl methyl sites for hydroxylation is 1. The molecule has 0 bridgehead atoms. The van der Waals surface area contributed by atoms with Crippen LogP contribution in [-0.2, 0) is 16.0 Å². The summed E-state index contributed by atoms with van der Waals surface area (Å²) in [5.74, 6) is -0.438. The fourth-order valence-electron chi connectivity index (χ4n) is 2.44. The first-order valence-corrected chi connectivity index (χ1v) is 8.30. The molecule has 1 heterocycles. The zero-order valence-electron chi connectivity index (χ0n) is 15.8. The molecule has 0 spiro atoms. The molecular formula is C20H24N2O4. The van der Waals surface area contributed by atoms with Crippen LogP contribution < -0.4 is 5.32 Å². The van der Waals surface area contributed by atoms with Gasteiger partial charge >= 0.3 is 12.1 Å². The SMILES string of the molecule is COC(=O)c1cc(CNC(=O)OC(C)(C)C)cc(-c2cnccc2C)c1. The van der Waals surface area contributed by atoms with Crippen molar-refractivity contribution in [3.63, 3.8) is 0 Å². The summed E-state index contributed by atoms with van der Waals surface area (Å²) in [4.78, 5) is 28.0. The number of carbonyl (C=O) groups excluding carboxylic acids is 2. The fraction of sp³-hybridized carbons (Fsp3) is 0.350. The second kappa shape index (κ2) is 7.99. The van der Waals surface area contributed by atoms with Gasteiger partial charge in [-0.1, -0.05) is 0 Å². The normalized spacial score (nSPS) is 11.0. The monoisotopic (exact) mass is 356 g/mol. The van der Waals surface area contributed by atoms with Crippen LogP contribution in [0.15, 0.2) is 36.7 Å². The van der Waals surface area contributed by atoms with Gasteiger partial charge in [-0.05, 0) is 68.7 Å². The van der Waals surface area contributed by atoms with E-state index in [0.29, 0.717) is 5.56 Å². The third kappa shape index (κ3) is 5.31. The number of pyridine rings is 1. The Morgan fingerprint density at radius 2 is 1.92 bits per heavy atom. The second-order valence-electron chi connectivity index (χ2n) is 6.96. The Kier molecular flexibility index (Phi) is 5.97. The molecule has 0 unspecified atom stereocenters. The Bertz CT molecular complexity index is 810. The van der Waals surface area contributed by atoms with Gasteiger partial charge in [0, 0.05) is 24.5 Å². The van der Waals surface area contributed by atoms with E-state index in [0.717, 1.165) is 22.3 Å². The molecule has 0 saturated heterocycles. The predicted octanol–water partition coefficient (Wildman–Crippen LogP) is 3.87. The van der Waals surface area contributed by atoms with Crippen molar-refractivity contribution in [3.8, 4) is 11.1 Å². The minimum Gasteiger partial charge on any atom is -0.465 e. The number of alkyl carbamates (subject to hydrolysis) is 1. The summed E-state index contributed by atoms with van der Waals surface area (Å²) in [6.07, 6.45) is 2.95. The van der Waals surface area contributed by atoms with Crippen LogP contribution in [0.1, 0.15) is 42.3 Å². The summed E-state index contributed by atoms with van der Waals surface area (Å²) in [5.41, 5.74) is 3.38. The number of benzene rings is 1. The number of nitrogens with one attached hydrogen (secondary N) is 1. The van der Waals surface area contributed by atoms with E-state index >= 15 is 0 Å². The molecule has 1 amide bonds. The molecule has 6 nitrogen and oxygen atoms in total. The van der Waals surface area contributed by atoms with Crippen molar-refractivity contribution >= 4 is 12.1 Å². The number of esters is 1. The number of aromatic nitrogens is 1. The van der Waals surface area contributed by atoms with E-state index in [4.69, 9.17) is 9.47 Å². The van der Waals surface area contributed by atoms with Crippen molar-refractivity contribution in [2.24, 2.45) is 0 Å². The number of carbonyl (C=O) groups is 2. The molecule has 26 heavy (non-hydrogen) atoms. The van der Waals surface area contributed by atoms with Gasteiger partial charge in [0.2, 0.25) is 0 Å². The van der Waals surface area contributed by atoms with Gasteiger partial charge in [0.1, 0.15) is 5.60 Å². The predicted molar refractivity (Wildman–Crippen MR) is 98.8 cm³/mol. The molecule has 1 N–H and O–H groups in total. The highest BCUT2D eigenvalue weighted by Crippen LogP contribution is 2.25. The highest BCUT2D eigenvalue weighted by atomic mass is 16.6. The van der Waals surface area contributed by atoms with Crippen LogP contribution in [0, 0.1) is 6.92 Å². The number of amides is 1. The molecule has 2 rings (SSSR count). The summed E-state index contributed by atoms with van der Waals surface area (Å²) in [5, 5.41) is 2.70. The Morgan fingerprint density at radius 3 is 2.54 bits per heavy atom. The van der Waals surface area contributed by atoms with Crippen LogP contribution in [0.2, 0.25) is 0 Å². The standard InChI is InChI=1S/C20H24N2O4/c1-13-6-7-21-12-17(13)15-8-14(9-16(10-15)18(23)25-5)11-22-19(24)26-20(2,3)4/h6-10,12H,11H2,1-5H3,(H,22,24). The molecule has 1 aromatic carbocycles. The van der Waals surface area contributed by atoms with E-state index in [9.17, 15) is 9.59 Å². The van der Waals surface area contributed by atoms with E-state index in [1.54, 1.807) is 45.3 Å². The third-order valence-corrected chi connectivity index (χ3v) is 3.60. The average Bonchev–Trinajstić information content (AvgIpc) is 2.58. The van der Waals surface area contributed by atoms with Gasteiger partial charge < -0.3 is 14.8 Å². The number of nitrogens with zero attached hydrogens (tertiary/aromatic N) is 1. The lowest BCUT2D eigenvalue weighted by Gasteiger charge is -2.20. The summed E-state index contributed by atoms with van der Waals surface area (Å²) in [7, 11) is 1.34. The number of rotatable bonds is 4. The lowest BCUT2D eigenvalue weighted by atomic mass is 9.98. The zero-order chi connectivity index (χ0) is 19.3. The largest absolute Gasteiger partial charge is 0.465 e. The van der Waals surface area contributed by atoms with Gasteiger partial charge in [-0.2, -0.15) is 0 Å². The summed E-state index contributed by atoms with van der Waals surface area (Å²) >= 11 is 0. The Hall–Kier alpha value is -2.89. The topological polar surface area (TPSA) is 77.5 Å². The van der Waals surface area contributed by atoms with Gasteiger partial charge in [-0.3, -0.25) is 4.98 Å². The summed E-state index contributed by atoms with van der Waals surface area (Å²) in [6, 6.07) is 7.26. The Labute approximate surface area is 153 Å². The van der Waals surface area contributed by atoms with E-state index in [1.165, 1.54) is 7.11 Å². The number of hydrogen-bond acceptors (Lipinski definition) is 5. The molecule has 0 atom stereocenters. The van der Waals surface area contributed by atoms with Crippen molar-refractivity contribution in [3.05, 3.63) is 53.3 Å². The van der Waals surface area contributed by atoms with Crippen molar-refractivity contribution < 1.29 is 19.1 Å². The number of ether oxygens (including phenoxy) is 2. The van der Waals surface area contributed by atoms with Crippen molar-refractivity contribution in [1.82, 2.24) is 10.3 Å². The highest BCUT2D eigenvalue weighted by Gasteiger charge is 2.16. The third-order valence-electron chi connectivity index (χ3n) is 3.60. The first-order valence-electron chi connectivity index (χ1n) is 8.30. The maximum absolute atomic E-state index is 12.0. The van der Waals surface area contributed by atoms with Crippen molar-refractivity contribution in [1.29, 1.82) is 0 Å². The maximum Gasteiger partial charge on any atom is 0.407 e. The molecule has 2 aromatic rings. The molecule has 1 aromatic heterocycles. The summed E-state index contributed by atoms with van der Waals surface area (Å²) in [6.45, 7) is 7.60. The smallest absolute Gasteiger partial charge is 0.407 e. The van der Waals surface area contributed by atoms with Crippen molar-refractivity contribution in [2.45, 2.75) is 39.8 Å². The van der Waals surface area contributed by atoms with E-state index in [2.05, 4.69) is 10.3 Å². The van der Waals surface area contributed by atoms with Gasteiger partial charge in [0.15, 0.2) is 0 Å². The molecule has 0 aliphatic carbocycles. The second-order valence-corrected chi connectivity index (χ2v) is 6.96. The van der Waals surface area contributed by atoms with Crippen LogP contribution in [0.4, 0.5) is 4.79 Å². The van der Waals surface area contributed by atoms with E-state index < -0.39 is 17.7 Å². The molecular weight excluding hydrogens is 332 g/mol. The molecule has 0 fully saturated rings. The lowest BCUT2D eigenvalue weighted by molar-refractivity contribution is 0.0523. The molecule has 138 valence electrons. The minimum absolute atomic E-state index is 0.228. The van der Waals surface area contributed by atoms with Gasteiger partial charge in [-0.25, -0.2) is 9.59 Å². The lowest BCUT2D eigenvalue weighted by Crippen LogP contribution is -2.32. The Morgan fingerprint density at radius 1 is 1.19 bits per heavy atom. The van der Waals surface area contributed by atoms with Crippen molar-refractivity contribution in [2.75, 3.05) is 7.11 Å². The van der Waals surface area contributed by atoms with E-state index in [-0.39, 0.29) is 6.54 Å². The van der Waals surface area contributed by atoms with Crippen LogP contribution in [-0.4, -0.2) is 29.8 Å². The maximum atomic E-state index is 12.0. The van der Waals surface area contributed by atoms with Crippen LogP contribution in [0.25, 0.3) is 11.1 Å². The van der Waals surface area contributed by atoms with Gasteiger partial charge in [-0.15, -0.1) is 0 Å².